The Balaban J connectivity index is 1.77. The van der Waals surface area contributed by atoms with Gasteiger partial charge in [0, 0.05) is 19.6 Å². The van der Waals surface area contributed by atoms with Crippen molar-refractivity contribution in [3.05, 3.63) is 18.1 Å². The number of hydrogen-bond donors (Lipinski definition) is 1. The van der Waals surface area contributed by atoms with Gasteiger partial charge < -0.3 is 10.2 Å². The molecule has 0 aromatic carbocycles. The first-order chi connectivity index (χ1) is 8.78. The zero-order chi connectivity index (χ0) is 12.5. The molecule has 1 amide bonds. The summed E-state index contributed by atoms with van der Waals surface area (Å²) in [5, 5.41) is 2.91. The quantitative estimate of drug-likeness (QED) is 0.856. The molecule has 1 heterocycles. The summed E-state index contributed by atoms with van der Waals surface area (Å²) in [4.78, 5) is 22.8. The third kappa shape index (κ3) is 2.44. The van der Waals surface area contributed by atoms with Crippen LogP contribution in [0.5, 0.6) is 0 Å². The summed E-state index contributed by atoms with van der Waals surface area (Å²) < 4.78 is 0. The predicted octanol–water partition coefficient (Wildman–Crippen LogP) is 1.53. The third-order valence-electron chi connectivity index (χ3n) is 3.51. The molecule has 5 heteroatoms. The third-order valence-corrected chi connectivity index (χ3v) is 3.51. The van der Waals surface area contributed by atoms with Gasteiger partial charge in [-0.3, -0.25) is 9.78 Å². The maximum absolute atomic E-state index is 12.5. The molecule has 0 saturated heterocycles. The number of amides is 1. The number of anilines is 1. The van der Waals surface area contributed by atoms with Crippen LogP contribution in [0.1, 0.15) is 36.2 Å². The first kappa shape index (κ1) is 11.4. The molecule has 0 radical (unpaired) electrons. The van der Waals surface area contributed by atoms with Crippen LogP contribution in [0.2, 0.25) is 0 Å². The van der Waals surface area contributed by atoms with Crippen molar-refractivity contribution in [2.45, 2.75) is 31.7 Å². The summed E-state index contributed by atoms with van der Waals surface area (Å²) in [6, 6.07) is 0.443. The van der Waals surface area contributed by atoms with Gasteiger partial charge in [-0.05, 0) is 31.6 Å². The summed E-state index contributed by atoms with van der Waals surface area (Å²) in [7, 11) is 1.78. The van der Waals surface area contributed by atoms with Gasteiger partial charge in [0.25, 0.3) is 5.91 Å². The highest BCUT2D eigenvalue weighted by molar-refractivity contribution is 5.92. The lowest BCUT2D eigenvalue weighted by Crippen LogP contribution is -2.35. The minimum absolute atomic E-state index is 0.0361. The number of nitrogens with one attached hydrogen (secondary N) is 1. The van der Waals surface area contributed by atoms with E-state index in [4.69, 9.17) is 0 Å². The average Bonchev–Trinajstić information content (AvgIpc) is 3.28. The van der Waals surface area contributed by atoms with Crippen LogP contribution >= 0.6 is 0 Å². The molecule has 2 saturated carbocycles. The van der Waals surface area contributed by atoms with Crippen LogP contribution in [-0.4, -0.2) is 40.4 Å². The summed E-state index contributed by atoms with van der Waals surface area (Å²) in [5.74, 6) is 1.40. The fourth-order valence-corrected chi connectivity index (χ4v) is 2.10. The molecule has 2 aliphatic carbocycles. The standard InChI is InChI=1S/C13H18N4O/c1-14-12-7-15-6-11(16-12)13(18)17(10-4-5-10)8-9-2-3-9/h6-7,9-10H,2-5,8H2,1H3,(H,14,16). The Kier molecular flexibility index (Phi) is 2.89. The molecule has 96 valence electrons. The Bertz CT molecular complexity index is 454. The zero-order valence-electron chi connectivity index (χ0n) is 10.6. The van der Waals surface area contributed by atoms with Gasteiger partial charge in [0.05, 0.1) is 12.4 Å². The lowest BCUT2D eigenvalue weighted by atomic mass is 10.3. The van der Waals surface area contributed by atoms with Gasteiger partial charge in [0.15, 0.2) is 0 Å². The Morgan fingerprint density at radius 1 is 1.39 bits per heavy atom. The molecule has 2 aliphatic rings. The molecule has 0 spiro atoms. The maximum atomic E-state index is 12.5. The van der Waals surface area contributed by atoms with Gasteiger partial charge in [-0.15, -0.1) is 0 Å². The Morgan fingerprint density at radius 2 is 2.17 bits per heavy atom. The van der Waals surface area contributed by atoms with E-state index in [1.807, 2.05) is 4.90 Å². The second-order valence-corrected chi connectivity index (χ2v) is 5.17. The van der Waals surface area contributed by atoms with Crippen LogP contribution in [0.15, 0.2) is 12.4 Å². The van der Waals surface area contributed by atoms with Gasteiger partial charge in [-0.1, -0.05) is 0 Å². The monoisotopic (exact) mass is 246 g/mol. The molecule has 3 rings (SSSR count). The second-order valence-electron chi connectivity index (χ2n) is 5.17. The largest absolute Gasteiger partial charge is 0.372 e. The molecule has 1 aromatic heterocycles. The van der Waals surface area contributed by atoms with E-state index in [0.717, 1.165) is 25.3 Å². The molecule has 0 bridgehead atoms. The number of nitrogens with zero attached hydrogens (tertiary/aromatic N) is 3. The van der Waals surface area contributed by atoms with Crippen molar-refractivity contribution in [2.75, 3.05) is 18.9 Å². The van der Waals surface area contributed by atoms with E-state index in [9.17, 15) is 4.79 Å². The van der Waals surface area contributed by atoms with Gasteiger partial charge >= 0.3 is 0 Å². The van der Waals surface area contributed by atoms with Crippen LogP contribution in [0.3, 0.4) is 0 Å². The maximum Gasteiger partial charge on any atom is 0.274 e. The minimum Gasteiger partial charge on any atom is -0.372 e. The smallest absolute Gasteiger partial charge is 0.274 e. The summed E-state index contributed by atoms with van der Waals surface area (Å²) in [5.41, 5.74) is 0.453. The van der Waals surface area contributed by atoms with E-state index >= 15 is 0 Å². The van der Waals surface area contributed by atoms with E-state index < -0.39 is 0 Å². The zero-order valence-corrected chi connectivity index (χ0v) is 10.6. The SMILES string of the molecule is CNc1cncc(C(=O)N(CC2CC2)C2CC2)n1. The van der Waals surface area contributed by atoms with Gasteiger partial charge in [0.1, 0.15) is 11.5 Å². The molecule has 18 heavy (non-hydrogen) atoms. The van der Waals surface area contributed by atoms with E-state index in [2.05, 4.69) is 15.3 Å². The Hall–Kier alpha value is -1.65. The highest BCUT2D eigenvalue weighted by atomic mass is 16.2. The fourth-order valence-electron chi connectivity index (χ4n) is 2.10. The second kappa shape index (κ2) is 4.55. The highest BCUT2D eigenvalue weighted by Gasteiger charge is 2.37. The fraction of sp³-hybridized carbons (Fsp3) is 0.615. The van der Waals surface area contributed by atoms with E-state index in [-0.39, 0.29) is 5.91 Å². The van der Waals surface area contributed by atoms with Crippen molar-refractivity contribution < 1.29 is 4.79 Å². The van der Waals surface area contributed by atoms with Crippen molar-refractivity contribution in [3.63, 3.8) is 0 Å². The molecule has 2 fully saturated rings. The van der Waals surface area contributed by atoms with Crippen molar-refractivity contribution in [2.24, 2.45) is 5.92 Å². The normalized spacial score (nSPS) is 18.5. The average molecular weight is 246 g/mol. The predicted molar refractivity (Wildman–Crippen MR) is 68.4 cm³/mol. The first-order valence-electron chi connectivity index (χ1n) is 6.58. The van der Waals surface area contributed by atoms with E-state index in [1.54, 1.807) is 19.4 Å². The van der Waals surface area contributed by atoms with Gasteiger partial charge in [-0.2, -0.15) is 0 Å². The lowest BCUT2D eigenvalue weighted by Gasteiger charge is -2.21. The molecule has 0 aliphatic heterocycles. The van der Waals surface area contributed by atoms with Crippen molar-refractivity contribution in [3.8, 4) is 0 Å². The van der Waals surface area contributed by atoms with Crippen LogP contribution in [-0.2, 0) is 0 Å². The van der Waals surface area contributed by atoms with Crippen LogP contribution in [0.25, 0.3) is 0 Å². The molecule has 0 atom stereocenters. The molecular weight excluding hydrogens is 228 g/mol. The van der Waals surface area contributed by atoms with Gasteiger partial charge in [-0.25, -0.2) is 4.98 Å². The van der Waals surface area contributed by atoms with Crippen molar-refractivity contribution >= 4 is 11.7 Å². The number of carbonyl (C=O) groups is 1. The van der Waals surface area contributed by atoms with Crippen LogP contribution in [0.4, 0.5) is 5.82 Å². The van der Waals surface area contributed by atoms with Crippen LogP contribution < -0.4 is 5.32 Å². The number of rotatable bonds is 5. The van der Waals surface area contributed by atoms with Gasteiger partial charge in [0.2, 0.25) is 0 Å². The number of carbonyl (C=O) groups excluding carboxylic acids is 1. The number of aromatic nitrogens is 2. The summed E-state index contributed by atoms with van der Waals surface area (Å²) in [6.45, 7) is 0.898. The molecular formula is C13H18N4O. The molecule has 1 aromatic rings. The van der Waals surface area contributed by atoms with E-state index in [0.29, 0.717) is 17.6 Å². The topological polar surface area (TPSA) is 58.1 Å². The van der Waals surface area contributed by atoms with Crippen molar-refractivity contribution in [1.82, 2.24) is 14.9 Å². The summed E-state index contributed by atoms with van der Waals surface area (Å²) in [6.07, 6.45) is 7.98. The molecule has 1 N–H and O–H groups in total. The lowest BCUT2D eigenvalue weighted by molar-refractivity contribution is 0.0728. The van der Waals surface area contributed by atoms with Crippen LogP contribution in [0, 0.1) is 5.92 Å². The minimum atomic E-state index is 0.0361. The van der Waals surface area contributed by atoms with Crippen molar-refractivity contribution in [1.29, 1.82) is 0 Å². The Labute approximate surface area is 107 Å². The van der Waals surface area contributed by atoms with E-state index in [1.165, 1.54) is 12.8 Å². The summed E-state index contributed by atoms with van der Waals surface area (Å²) >= 11 is 0. The highest BCUT2D eigenvalue weighted by Crippen LogP contribution is 2.35. The first-order valence-corrected chi connectivity index (χ1v) is 6.58. The molecule has 5 nitrogen and oxygen atoms in total. The Morgan fingerprint density at radius 3 is 2.78 bits per heavy atom. The number of hydrogen-bond acceptors (Lipinski definition) is 4. The molecule has 0 unspecified atom stereocenters.